The van der Waals surface area contributed by atoms with Crippen molar-refractivity contribution in [3.8, 4) is 0 Å². The number of benzene rings is 1. The molecule has 3 nitrogen and oxygen atoms in total. The van der Waals surface area contributed by atoms with Crippen molar-refractivity contribution >= 4 is 17.7 Å². The summed E-state index contributed by atoms with van der Waals surface area (Å²) in [6.45, 7) is 4.26. The summed E-state index contributed by atoms with van der Waals surface area (Å²) < 4.78 is 0. The SMILES string of the molecule is Cc1cc(C)cc(CSCCC(NC2CC2)C(N)=O)c1. The van der Waals surface area contributed by atoms with E-state index in [1.54, 1.807) is 0 Å². The zero-order valence-electron chi connectivity index (χ0n) is 12.3. The molecule has 0 aliphatic heterocycles. The number of carbonyl (C=O) groups excluding carboxylic acids is 1. The van der Waals surface area contributed by atoms with Crippen molar-refractivity contribution in [2.45, 2.75) is 50.9 Å². The van der Waals surface area contributed by atoms with Gasteiger partial charge in [0.2, 0.25) is 5.91 Å². The Morgan fingerprint density at radius 3 is 2.55 bits per heavy atom. The summed E-state index contributed by atoms with van der Waals surface area (Å²) in [6, 6.07) is 7.02. The fourth-order valence-electron chi connectivity index (χ4n) is 2.39. The number of primary amides is 1. The van der Waals surface area contributed by atoms with E-state index in [2.05, 4.69) is 37.4 Å². The van der Waals surface area contributed by atoms with E-state index < -0.39 is 0 Å². The minimum atomic E-state index is -0.219. The van der Waals surface area contributed by atoms with Gasteiger partial charge in [-0.3, -0.25) is 4.79 Å². The van der Waals surface area contributed by atoms with Gasteiger partial charge in [-0.1, -0.05) is 29.3 Å². The lowest BCUT2D eigenvalue weighted by atomic mass is 10.1. The van der Waals surface area contributed by atoms with Gasteiger partial charge >= 0.3 is 0 Å². The predicted octanol–water partition coefficient (Wildman–Crippen LogP) is 2.53. The Morgan fingerprint density at radius 2 is 2.00 bits per heavy atom. The summed E-state index contributed by atoms with van der Waals surface area (Å²) in [4.78, 5) is 11.4. The van der Waals surface area contributed by atoms with Crippen LogP contribution in [0.15, 0.2) is 18.2 Å². The molecule has 1 aromatic rings. The number of carbonyl (C=O) groups is 1. The zero-order chi connectivity index (χ0) is 14.5. The molecule has 0 aromatic heterocycles. The van der Waals surface area contributed by atoms with Gasteiger partial charge in [0.1, 0.15) is 0 Å². The maximum absolute atomic E-state index is 11.4. The summed E-state index contributed by atoms with van der Waals surface area (Å²) >= 11 is 1.87. The average Bonchev–Trinajstić information content (AvgIpc) is 3.15. The summed E-state index contributed by atoms with van der Waals surface area (Å²) in [5, 5.41) is 3.32. The van der Waals surface area contributed by atoms with E-state index >= 15 is 0 Å². The van der Waals surface area contributed by atoms with E-state index in [9.17, 15) is 4.79 Å². The number of nitrogens with one attached hydrogen (secondary N) is 1. The highest BCUT2D eigenvalue weighted by Gasteiger charge is 2.26. The molecule has 0 spiro atoms. The topological polar surface area (TPSA) is 55.1 Å². The van der Waals surface area contributed by atoms with Crippen LogP contribution in [0.1, 0.15) is 36.0 Å². The molecule has 1 atom stereocenters. The van der Waals surface area contributed by atoms with E-state index in [1.807, 2.05) is 11.8 Å². The Labute approximate surface area is 125 Å². The second-order valence-electron chi connectivity index (χ2n) is 5.73. The zero-order valence-corrected chi connectivity index (χ0v) is 13.1. The van der Waals surface area contributed by atoms with Gasteiger partial charge in [-0.15, -0.1) is 0 Å². The van der Waals surface area contributed by atoms with Gasteiger partial charge in [-0.2, -0.15) is 11.8 Å². The number of nitrogens with two attached hydrogens (primary N) is 1. The quantitative estimate of drug-likeness (QED) is 0.724. The average molecular weight is 292 g/mol. The van der Waals surface area contributed by atoms with Crippen LogP contribution >= 0.6 is 11.8 Å². The van der Waals surface area contributed by atoms with Crippen LogP contribution in [0.25, 0.3) is 0 Å². The molecule has 0 radical (unpaired) electrons. The Bertz CT molecular complexity index is 451. The van der Waals surface area contributed by atoms with E-state index in [1.165, 1.54) is 29.5 Å². The maximum atomic E-state index is 11.4. The smallest absolute Gasteiger partial charge is 0.234 e. The molecule has 4 heteroatoms. The molecule has 1 aliphatic carbocycles. The molecule has 1 unspecified atom stereocenters. The molecule has 1 amide bonds. The third-order valence-electron chi connectivity index (χ3n) is 3.46. The molecule has 1 fully saturated rings. The number of thioether (sulfide) groups is 1. The first-order valence-corrected chi connectivity index (χ1v) is 8.40. The van der Waals surface area contributed by atoms with Crippen LogP contribution in [0.5, 0.6) is 0 Å². The number of amides is 1. The molecule has 3 N–H and O–H groups in total. The van der Waals surface area contributed by atoms with E-state index in [4.69, 9.17) is 5.73 Å². The monoisotopic (exact) mass is 292 g/mol. The molecule has 1 aromatic carbocycles. The molecule has 2 rings (SSSR count). The second kappa shape index (κ2) is 7.14. The molecule has 0 heterocycles. The fraction of sp³-hybridized carbons (Fsp3) is 0.562. The summed E-state index contributed by atoms with van der Waals surface area (Å²) in [7, 11) is 0. The van der Waals surface area contributed by atoms with Crippen molar-refractivity contribution in [3.63, 3.8) is 0 Å². The number of hydrogen-bond acceptors (Lipinski definition) is 3. The highest BCUT2D eigenvalue weighted by atomic mass is 32.2. The predicted molar refractivity (Wildman–Crippen MR) is 85.8 cm³/mol. The molecule has 110 valence electrons. The lowest BCUT2D eigenvalue weighted by Crippen LogP contribution is -2.42. The van der Waals surface area contributed by atoms with Crippen molar-refractivity contribution in [1.82, 2.24) is 5.32 Å². The molecule has 0 bridgehead atoms. The first-order valence-electron chi connectivity index (χ1n) is 7.25. The molecular formula is C16H24N2OS. The van der Waals surface area contributed by atoms with Crippen molar-refractivity contribution in [2.75, 3.05) is 5.75 Å². The lowest BCUT2D eigenvalue weighted by Gasteiger charge is -2.14. The van der Waals surface area contributed by atoms with Crippen LogP contribution in [-0.2, 0) is 10.5 Å². The first kappa shape index (κ1) is 15.4. The number of hydrogen-bond donors (Lipinski definition) is 2. The van der Waals surface area contributed by atoms with Crippen molar-refractivity contribution in [3.05, 3.63) is 34.9 Å². The van der Waals surface area contributed by atoms with Gasteiger partial charge in [-0.05, 0) is 44.4 Å². The van der Waals surface area contributed by atoms with Crippen molar-refractivity contribution in [1.29, 1.82) is 0 Å². The first-order chi connectivity index (χ1) is 9.54. The molecular weight excluding hydrogens is 268 g/mol. The van der Waals surface area contributed by atoms with Gasteiger partial charge < -0.3 is 11.1 Å². The third-order valence-corrected chi connectivity index (χ3v) is 4.52. The fourth-order valence-corrected chi connectivity index (χ4v) is 3.33. The summed E-state index contributed by atoms with van der Waals surface area (Å²) in [5.74, 6) is 1.74. The normalized spacial score (nSPS) is 16.1. The standard InChI is InChI=1S/C16H24N2OS/c1-11-7-12(2)9-13(8-11)10-20-6-5-15(16(17)19)18-14-3-4-14/h7-9,14-15,18H,3-6,10H2,1-2H3,(H2,17,19). The minimum Gasteiger partial charge on any atom is -0.368 e. The van der Waals surface area contributed by atoms with Crippen LogP contribution in [-0.4, -0.2) is 23.7 Å². The molecule has 1 aliphatic rings. The van der Waals surface area contributed by atoms with Crippen molar-refractivity contribution in [2.24, 2.45) is 5.73 Å². The van der Waals surface area contributed by atoms with Crippen molar-refractivity contribution < 1.29 is 4.79 Å². The highest BCUT2D eigenvalue weighted by molar-refractivity contribution is 7.98. The molecule has 1 saturated carbocycles. The van der Waals surface area contributed by atoms with Gasteiger partial charge in [0.25, 0.3) is 0 Å². The van der Waals surface area contributed by atoms with Gasteiger partial charge in [0.15, 0.2) is 0 Å². The van der Waals surface area contributed by atoms with Gasteiger partial charge in [-0.25, -0.2) is 0 Å². The van der Waals surface area contributed by atoms with Crippen LogP contribution < -0.4 is 11.1 Å². The summed E-state index contributed by atoms with van der Waals surface area (Å²) in [5.41, 5.74) is 9.42. The Hall–Kier alpha value is -1.00. The molecule has 0 saturated heterocycles. The van der Waals surface area contributed by atoms with Gasteiger partial charge in [0.05, 0.1) is 6.04 Å². The van der Waals surface area contributed by atoms with Crippen LogP contribution in [0.3, 0.4) is 0 Å². The largest absolute Gasteiger partial charge is 0.368 e. The lowest BCUT2D eigenvalue weighted by molar-refractivity contribution is -0.120. The van der Waals surface area contributed by atoms with E-state index in [0.717, 1.165) is 17.9 Å². The maximum Gasteiger partial charge on any atom is 0.234 e. The summed E-state index contributed by atoms with van der Waals surface area (Å²) in [6.07, 6.45) is 3.18. The number of rotatable bonds is 8. The van der Waals surface area contributed by atoms with Crippen LogP contribution in [0, 0.1) is 13.8 Å². The highest BCUT2D eigenvalue weighted by Crippen LogP contribution is 2.21. The molecule has 20 heavy (non-hydrogen) atoms. The minimum absolute atomic E-state index is 0.158. The Kier molecular flexibility index (Phi) is 5.49. The van der Waals surface area contributed by atoms with E-state index in [-0.39, 0.29) is 11.9 Å². The third kappa shape index (κ3) is 5.17. The van der Waals surface area contributed by atoms with Gasteiger partial charge in [0, 0.05) is 11.8 Å². The number of aryl methyl sites for hydroxylation is 2. The van der Waals surface area contributed by atoms with Crippen LogP contribution in [0.2, 0.25) is 0 Å². The van der Waals surface area contributed by atoms with Crippen LogP contribution in [0.4, 0.5) is 0 Å². The Balaban J connectivity index is 1.72. The second-order valence-corrected chi connectivity index (χ2v) is 6.84. The van der Waals surface area contributed by atoms with E-state index in [0.29, 0.717) is 6.04 Å². The Morgan fingerprint density at radius 1 is 1.35 bits per heavy atom.